The van der Waals surface area contributed by atoms with Gasteiger partial charge >= 0.3 is 0 Å². The number of hydrogen-bond donors (Lipinski definition) is 4. The zero-order chi connectivity index (χ0) is 15.4. The molecule has 4 N–H and O–H groups in total. The summed E-state index contributed by atoms with van der Waals surface area (Å²) in [6, 6.07) is 2.92. The lowest BCUT2D eigenvalue weighted by atomic mass is 9.88. The lowest BCUT2D eigenvalue weighted by molar-refractivity contribution is -0.0628. The van der Waals surface area contributed by atoms with Crippen LogP contribution in [0.15, 0.2) is 30.0 Å². The number of nitrogens with one attached hydrogen (secondary N) is 1. The van der Waals surface area contributed by atoms with Crippen LogP contribution in [-0.4, -0.2) is 57.9 Å². The molecule has 7 heteroatoms. The maximum absolute atomic E-state index is 12.8. The molecule has 1 heterocycles. The third kappa shape index (κ3) is 3.99. The summed E-state index contributed by atoms with van der Waals surface area (Å²) in [6.45, 7) is -0.378. The van der Waals surface area contributed by atoms with Crippen LogP contribution >= 0.6 is 11.6 Å². The van der Waals surface area contributed by atoms with Crippen molar-refractivity contribution in [3.05, 3.63) is 40.7 Å². The van der Waals surface area contributed by atoms with E-state index in [1.54, 1.807) is 18.3 Å². The van der Waals surface area contributed by atoms with Crippen LogP contribution < -0.4 is 5.32 Å². The molecule has 21 heavy (non-hydrogen) atoms. The van der Waals surface area contributed by atoms with Crippen molar-refractivity contribution in [2.45, 2.75) is 30.8 Å². The highest BCUT2D eigenvalue weighted by Crippen LogP contribution is 2.20. The Hall–Kier alpha value is -1.05. The van der Waals surface area contributed by atoms with Crippen molar-refractivity contribution in [1.82, 2.24) is 10.3 Å². The molecule has 0 aromatic carbocycles. The van der Waals surface area contributed by atoms with Crippen LogP contribution in [-0.2, 0) is 6.42 Å². The molecule has 0 radical (unpaired) electrons. The average molecular weight is 317 g/mol. The van der Waals surface area contributed by atoms with Gasteiger partial charge in [-0.1, -0.05) is 17.7 Å². The van der Waals surface area contributed by atoms with Crippen molar-refractivity contribution >= 4 is 11.6 Å². The standard InChI is InChI=1S/C14H18ClFN2O3/c15-9-1-2-10(18-7-9)3-4-17-11-5-8(6-16)12(19)14(21)13(11)20/h1-2,5,7,11-14,17,19-21H,3-4,6H2/t11-,12+,13+,14+/m1/s1. The van der Waals surface area contributed by atoms with Gasteiger partial charge in [-0.05, 0) is 17.7 Å². The molecule has 1 aromatic heterocycles. The van der Waals surface area contributed by atoms with E-state index in [1.807, 2.05) is 0 Å². The number of hydrogen-bond acceptors (Lipinski definition) is 5. The molecule has 5 nitrogen and oxygen atoms in total. The first-order chi connectivity index (χ1) is 10.0. The fourth-order valence-electron chi connectivity index (χ4n) is 2.27. The van der Waals surface area contributed by atoms with E-state index in [-0.39, 0.29) is 5.57 Å². The molecule has 116 valence electrons. The van der Waals surface area contributed by atoms with Crippen molar-refractivity contribution in [2.24, 2.45) is 0 Å². The molecule has 0 saturated heterocycles. The number of aromatic nitrogens is 1. The van der Waals surface area contributed by atoms with E-state index in [0.29, 0.717) is 18.0 Å². The van der Waals surface area contributed by atoms with E-state index < -0.39 is 31.0 Å². The second-order valence-corrected chi connectivity index (χ2v) is 5.44. The third-order valence-corrected chi connectivity index (χ3v) is 3.74. The molecule has 4 atom stereocenters. The number of rotatable bonds is 5. The molecule has 0 saturated carbocycles. The van der Waals surface area contributed by atoms with Crippen molar-refractivity contribution < 1.29 is 19.7 Å². The van der Waals surface area contributed by atoms with E-state index in [0.717, 1.165) is 5.69 Å². The highest BCUT2D eigenvalue weighted by Gasteiger charge is 2.36. The Labute approximate surface area is 127 Å². The second kappa shape index (κ2) is 7.29. The molecular formula is C14H18ClFN2O3. The average Bonchev–Trinajstić information content (AvgIpc) is 2.49. The first-order valence-corrected chi connectivity index (χ1v) is 7.05. The molecule has 2 rings (SSSR count). The Morgan fingerprint density at radius 1 is 1.24 bits per heavy atom. The molecular weight excluding hydrogens is 299 g/mol. The van der Waals surface area contributed by atoms with E-state index >= 15 is 0 Å². The summed E-state index contributed by atoms with van der Waals surface area (Å²) in [5.74, 6) is 0. The number of nitrogens with zero attached hydrogens (tertiary/aromatic N) is 1. The maximum atomic E-state index is 12.8. The van der Waals surface area contributed by atoms with E-state index in [1.165, 1.54) is 6.08 Å². The zero-order valence-electron chi connectivity index (χ0n) is 11.3. The van der Waals surface area contributed by atoms with Crippen LogP contribution in [0.2, 0.25) is 5.02 Å². The maximum Gasteiger partial charge on any atom is 0.113 e. The normalized spacial score (nSPS) is 29.3. The molecule has 0 unspecified atom stereocenters. The van der Waals surface area contributed by atoms with Gasteiger partial charge in [0.05, 0.1) is 11.1 Å². The van der Waals surface area contributed by atoms with Crippen molar-refractivity contribution in [3.63, 3.8) is 0 Å². The minimum atomic E-state index is -1.40. The lowest BCUT2D eigenvalue weighted by Gasteiger charge is -2.34. The first-order valence-electron chi connectivity index (χ1n) is 6.67. The second-order valence-electron chi connectivity index (χ2n) is 5.00. The Morgan fingerprint density at radius 2 is 2.00 bits per heavy atom. The van der Waals surface area contributed by atoms with Crippen LogP contribution in [0.25, 0.3) is 0 Å². The smallest absolute Gasteiger partial charge is 0.113 e. The third-order valence-electron chi connectivity index (χ3n) is 3.52. The van der Waals surface area contributed by atoms with Gasteiger partial charge in [0.1, 0.15) is 25.0 Å². The quantitative estimate of drug-likeness (QED) is 0.584. The highest BCUT2D eigenvalue weighted by atomic mass is 35.5. The number of halogens is 2. The molecule has 0 bridgehead atoms. The van der Waals surface area contributed by atoms with Crippen LogP contribution in [0.3, 0.4) is 0 Å². The Morgan fingerprint density at radius 3 is 2.62 bits per heavy atom. The van der Waals surface area contributed by atoms with Gasteiger partial charge in [0.25, 0.3) is 0 Å². The number of pyridine rings is 1. The molecule has 1 aliphatic carbocycles. The van der Waals surface area contributed by atoms with Gasteiger partial charge in [-0.15, -0.1) is 0 Å². The lowest BCUT2D eigenvalue weighted by Crippen LogP contribution is -2.54. The summed E-state index contributed by atoms with van der Waals surface area (Å²) >= 11 is 5.74. The Bertz CT molecular complexity index is 497. The predicted molar refractivity (Wildman–Crippen MR) is 76.8 cm³/mol. The van der Waals surface area contributed by atoms with Crippen molar-refractivity contribution in [3.8, 4) is 0 Å². The summed E-state index contributed by atoms with van der Waals surface area (Å²) in [6.07, 6.45) is -0.371. The van der Waals surface area contributed by atoms with Gasteiger partial charge in [-0.25, -0.2) is 4.39 Å². The molecule has 1 aromatic rings. The molecule has 0 aliphatic heterocycles. The largest absolute Gasteiger partial charge is 0.388 e. The SMILES string of the molecule is O[C@@H]1[C@@H](O)[C@@H](O)C(CF)=C[C@H]1NCCc1ccc(Cl)cn1. The zero-order valence-corrected chi connectivity index (χ0v) is 12.0. The summed E-state index contributed by atoms with van der Waals surface area (Å²) in [5, 5.41) is 32.7. The van der Waals surface area contributed by atoms with Gasteiger partial charge in [0.15, 0.2) is 0 Å². The van der Waals surface area contributed by atoms with Gasteiger partial charge in [0, 0.05) is 24.9 Å². The fourth-order valence-corrected chi connectivity index (χ4v) is 2.38. The minimum Gasteiger partial charge on any atom is -0.388 e. The highest BCUT2D eigenvalue weighted by molar-refractivity contribution is 6.30. The molecule has 0 amide bonds. The number of alkyl halides is 1. The van der Waals surface area contributed by atoms with E-state index in [2.05, 4.69) is 10.3 Å². The van der Waals surface area contributed by atoms with Crippen molar-refractivity contribution in [1.29, 1.82) is 0 Å². The monoisotopic (exact) mass is 316 g/mol. The number of aliphatic hydroxyl groups excluding tert-OH is 3. The van der Waals surface area contributed by atoms with E-state index in [9.17, 15) is 19.7 Å². The van der Waals surface area contributed by atoms with Crippen LogP contribution in [0.1, 0.15) is 5.69 Å². The van der Waals surface area contributed by atoms with Crippen LogP contribution in [0.4, 0.5) is 4.39 Å². The summed E-state index contributed by atoms with van der Waals surface area (Å²) < 4.78 is 12.8. The predicted octanol–water partition coefficient (Wildman–Crippen LogP) is 0.228. The van der Waals surface area contributed by atoms with Crippen LogP contribution in [0, 0.1) is 0 Å². The minimum absolute atomic E-state index is 0.0786. The van der Waals surface area contributed by atoms with Gasteiger partial charge < -0.3 is 20.6 Å². The molecule has 1 aliphatic rings. The Kier molecular flexibility index (Phi) is 5.66. The van der Waals surface area contributed by atoms with Gasteiger partial charge in [0.2, 0.25) is 0 Å². The van der Waals surface area contributed by atoms with Crippen molar-refractivity contribution in [2.75, 3.05) is 13.2 Å². The molecule has 0 fully saturated rings. The first kappa shape index (κ1) is 16.3. The molecule has 0 spiro atoms. The fraction of sp³-hybridized carbons (Fsp3) is 0.500. The summed E-state index contributed by atoms with van der Waals surface area (Å²) in [5.41, 5.74) is 0.905. The number of aliphatic hydroxyl groups is 3. The summed E-state index contributed by atoms with van der Waals surface area (Å²) in [7, 11) is 0. The summed E-state index contributed by atoms with van der Waals surface area (Å²) in [4.78, 5) is 4.14. The topological polar surface area (TPSA) is 85.6 Å². The Balaban J connectivity index is 1.92. The van der Waals surface area contributed by atoms with Crippen LogP contribution in [0.5, 0.6) is 0 Å². The van der Waals surface area contributed by atoms with Gasteiger partial charge in [-0.3, -0.25) is 4.98 Å². The van der Waals surface area contributed by atoms with Gasteiger partial charge in [-0.2, -0.15) is 0 Å². The van der Waals surface area contributed by atoms with E-state index in [4.69, 9.17) is 11.6 Å².